The molecule has 1 aromatic rings. The third kappa shape index (κ3) is 4.54. The number of carboxylic acid groups (broad SMARTS) is 1. The van der Waals surface area contributed by atoms with Gasteiger partial charge in [0.1, 0.15) is 0 Å². The van der Waals surface area contributed by atoms with E-state index in [2.05, 4.69) is 5.32 Å². The molecule has 0 aromatic heterocycles. The van der Waals surface area contributed by atoms with E-state index in [-0.39, 0.29) is 12.5 Å². The maximum Gasteiger partial charge on any atom is 0.305 e. The second kappa shape index (κ2) is 7.04. The molecule has 17 heavy (non-hydrogen) atoms. The minimum atomic E-state index is -0.795. The fraction of sp³-hybridized carbons (Fsp3) is 0.462. The molecule has 0 saturated heterocycles. The van der Waals surface area contributed by atoms with Crippen molar-refractivity contribution < 1.29 is 14.6 Å². The zero-order valence-electron chi connectivity index (χ0n) is 10.3. The molecule has 94 valence electrons. The van der Waals surface area contributed by atoms with Crippen LogP contribution >= 0.6 is 0 Å². The number of carbonyl (C=O) groups is 1. The van der Waals surface area contributed by atoms with E-state index >= 15 is 0 Å². The number of hydrogen-bond acceptors (Lipinski definition) is 3. The first-order chi connectivity index (χ1) is 8.17. The Labute approximate surface area is 102 Å². The van der Waals surface area contributed by atoms with E-state index in [0.717, 1.165) is 17.7 Å². The van der Waals surface area contributed by atoms with Gasteiger partial charge >= 0.3 is 5.97 Å². The Morgan fingerprint density at radius 3 is 2.53 bits per heavy atom. The summed E-state index contributed by atoms with van der Waals surface area (Å²) in [6, 6.07) is 7.69. The van der Waals surface area contributed by atoms with Crippen molar-refractivity contribution in [3.63, 3.8) is 0 Å². The van der Waals surface area contributed by atoms with Crippen LogP contribution in [0.3, 0.4) is 0 Å². The summed E-state index contributed by atoms with van der Waals surface area (Å²) in [7, 11) is 1.65. The molecule has 0 radical (unpaired) electrons. The molecule has 0 aliphatic rings. The van der Waals surface area contributed by atoms with E-state index in [1.54, 1.807) is 7.11 Å². The zero-order chi connectivity index (χ0) is 12.7. The molecule has 4 heteroatoms. The molecule has 2 N–H and O–H groups in total. The van der Waals surface area contributed by atoms with E-state index in [1.807, 2.05) is 31.2 Å². The van der Waals surface area contributed by atoms with Gasteiger partial charge in [0.15, 0.2) is 0 Å². The van der Waals surface area contributed by atoms with Crippen molar-refractivity contribution >= 4 is 5.97 Å². The smallest absolute Gasteiger partial charge is 0.305 e. The van der Waals surface area contributed by atoms with Crippen LogP contribution < -0.4 is 5.32 Å². The molecule has 0 heterocycles. The Morgan fingerprint density at radius 1 is 1.41 bits per heavy atom. The zero-order valence-corrected chi connectivity index (χ0v) is 10.3. The number of carboxylic acids is 1. The molecule has 1 atom stereocenters. The van der Waals surface area contributed by atoms with Gasteiger partial charge in [0.25, 0.3) is 0 Å². The summed E-state index contributed by atoms with van der Waals surface area (Å²) in [4.78, 5) is 10.8. The highest BCUT2D eigenvalue weighted by atomic mass is 16.5. The lowest BCUT2D eigenvalue weighted by Crippen LogP contribution is -2.23. The Balaban J connectivity index is 2.75. The number of aliphatic carboxylic acids is 1. The van der Waals surface area contributed by atoms with Crippen LogP contribution in [0.4, 0.5) is 0 Å². The van der Waals surface area contributed by atoms with Crippen molar-refractivity contribution in [2.45, 2.75) is 26.0 Å². The van der Waals surface area contributed by atoms with E-state index in [0.29, 0.717) is 6.61 Å². The van der Waals surface area contributed by atoms with Crippen molar-refractivity contribution in [3.8, 4) is 0 Å². The molecule has 0 saturated carbocycles. The first-order valence-corrected chi connectivity index (χ1v) is 5.70. The monoisotopic (exact) mass is 237 g/mol. The number of benzene rings is 1. The summed E-state index contributed by atoms with van der Waals surface area (Å²) in [6.45, 7) is 3.29. The standard InChI is InChI=1S/C13H19NO3/c1-3-14-12(8-13(15)16)11-6-4-10(5-7-11)9-17-2/h4-7,12,14H,3,8-9H2,1-2H3,(H,15,16). The third-order valence-electron chi connectivity index (χ3n) is 2.52. The first kappa shape index (κ1) is 13.7. The average molecular weight is 237 g/mol. The molecule has 0 bridgehead atoms. The number of ether oxygens (including phenoxy) is 1. The fourth-order valence-electron chi connectivity index (χ4n) is 1.74. The van der Waals surface area contributed by atoms with Crippen LogP contribution in [0.1, 0.15) is 30.5 Å². The second-order valence-electron chi connectivity index (χ2n) is 3.88. The van der Waals surface area contributed by atoms with Gasteiger partial charge in [0.05, 0.1) is 13.0 Å². The molecular weight excluding hydrogens is 218 g/mol. The predicted octanol–water partition coefficient (Wildman–Crippen LogP) is 1.96. The number of methoxy groups -OCH3 is 1. The van der Waals surface area contributed by atoms with E-state index < -0.39 is 5.97 Å². The van der Waals surface area contributed by atoms with Gasteiger partial charge in [-0.15, -0.1) is 0 Å². The number of rotatable bonds is 7. The normalized spacial score (nSPS) is 12.4. The molecule has 1 rings (SSSR count). The van der Waals surface area contributed by atoms with Gasteiger partial charge in [0.2, 0.25) is 0 Å². The second-order valence-corrected chi connectivity index (χ2v) is 3.88. The van der Waals surface area contributed by atoms with E-state index in [1.165, 1.54) is 0 Å². The highest BCUT2D eigenvalue weighted by Crippen LogP contribution is 2.17. The van der Waals surface area contributed by atoms with Crippen LogP contribution in [0, 0.1) is 0 Å². The largest absolute Gasteiger partial charge is 0.481 e. The first-order valence-electron chi connectivity index (χ1n) is 5.70. The van der Waals surface area contributed by atoms with E-state index in [4.69, 9.17) is 9.84 Å². The molecular formula is C13H19NO3. The quantitative estimate of drug-likeness (QED) is 0.761. The van der Waals surface area contributed by atoms with Crippen molar-refractivity contribution in [1.82, 2.24) is 5.32 Å². The van der Waals surface area contributed by atoms with Gasteiger partial charge in [-0.2, -0.15) is 0 Å². The van der Waals surface area contributed by atoms with E-state index in [9.17, 15) is 4.79 Å². The average Bonchev–Trinajstić information content (AvgIpc) is 2.29. The summed E-state index contributed by atoms with van der Waals surface area (Å²) in [5.74, 6) is -0.795. The maximum absolute atomic E-state index is 10.8. The van der Waals surface area contributed by atoms with Crippen LogP contribution in [0.15, 0.2) is 24.3 Å². The molecule has 0 aliphatic carbocycles. The summed E-state index contributed by atoms with van der Waals surface area (Å²) < 4.78 is 5.03. The van der Waals surface area contributed by atoms with Gasteiger partial charge in [-0.25, -0.2) is 0 Å². The highest BCUT2D eigenvalue weighted by Gasteiger charge is 2.13. The van der Waals surface area contributed by atoms with Crippen molar-refractivity contribution in [2.75, 3.05) is 13.7 Å². The SMILES string of the molecule is CCNC(CC(=O)O)c1ccc(COC)cc1. The van der Waals surface area contributed by atoms with Gasteiger partial charge in [0, 0.05) is 13.2 Å². The van der Waals surface area contributed by atoms with Gasteiger partial charge in [-0.05, 0) is 17.7 Å². The fourth-order valence-corrected chi connectivity index (χ4v) is 1.74. The van der Waals surface area contributed by atoms with Crippen molar-refractivity contribution in [1.29, 1.82) is 0 Å². The lowest BCUT2D eigenvalue weighted by atomic mass is 10.0. The third-order valence-corrected chi connectivity index (χ3v) is 2.52. The summed E-state index contributed by atoms with van der Waals surface area (Å²) in [5, 5.41) is 12.0. The molecule has 0 fully saturated rings. The molecule has 0 spiro atoms. The molecule has 1 unspecified atom stereocenters. The highest BCUT2D eigenvalue weighted by molar-refractivity contribution is 5.67. The Hall–Kier alpha value is -1.39. The summed E-state index contributed by atoms with van der Waals surface area (Å²) in [6.07, 6.45) is 0.0947. The van der Waals surface area contributed by atoms with Crippen molar-refractivity contribution in [3.05, 3.63) is 35.4 Å². The Bertz CT molecular complexity index is 348. The Kier molecular flexibility index (Phi) is 5.66. The number of hydrogen-bond donors (Lipinski definition) is 2. The molecule has 4 nitrogen and oxygen atoms in total. The lowest BCUT2D eigenvalue weighted by molar-refractivity contribution is -0.137. The van der Waals surface area contributed by atoms with Gasteiger partial charge in [-0.1, -0.05) is 31.2 Å². The van der Waals surface area contributed by atoms with Gasteiger partial charge in [-0.3, -0.25) is 4.79 Å². The van der Waals surface area contributed by atoms with Crippen LogP contribution in [-0.2, 0) is 16.1 Å². The minimum Gasteiger partial charge on any atom is -0.481 e. The lowest BCUT2D eigenvalue weighted by Gasteiger charge is -2.16. The topological polar surface area (TPSA) is 58.6 Å². The van der Waals surface area contributed by atoms with Crippen LogP contribution in [0.25, 0.3) is 0 Å². The number of nitrogens with one attached hydrogen (secondary N) is 1. The summed E-state index contributed by atoms with van der Waals surface area (Å²) in [5.41, 5.74) is 2.08. The molecule has 0 aliphatic heterocycles. The summed E-state index contributed by atoms with van der Waals surface area (Å²) >= 11 is 0. The van der Waals surface area contributed by atoms with Crippen LogP contribution in [0.5, 0.6) is 0 Å². The van der Waals surface area contributed by atoms with Crippen LogP contribution in [0.2, 0.25) is 0 Å². The Morgan fingerprint density at radius 2 is 2.06 bits per heavy atom. The van der Waals surface area contributed by atoms with Gasteiger partial charge < -0.3 is 15.2 Å². The minimum absolute atomic E-state index is 0.0947. The molecule has 1 aromatic carbocycles. The van der Waals surface area contributed by atoms with Crippen LogP contribution in [-0.4, -0.2) is 24.7 Å². The predicted molar refractivity (Wildman–Crippen MR) is 65.8 cm³/mol. The van der Waals surface area contributed by atoms with Crippen molar-refractivity contribution in [2.24, 2.45) is 0 Å². The maximum atomic E-state index is 10.8. The molecule has 0 amide bonds.